The van der Waals surface area contributed by atoms with Crippen LogP contribution in [-0.4, -0.2) is 32.2 Å². The first kappa shape index (κ1) is 24.0. The first-order valence-electron chi connectivity index (χ1n) is 9.53. The second-order valence-electron chi connectivity index (χ2n) is 6.40. The molecular weight excluding hydrogens is 464 g/mol. The largest absolute Gasteiger partial charge is 0.493 e. The predicted molar refractivity (Wildman–Crippen MR) is 119 cm³/mol. The van der Waals surface area contributed by atoms with Crippen molar-refractivity contribution in [3.05, 3.63) is 63.6 Å². The lowest BCUT2D eigenvalue weighted by Crippen LogP contribution is -2.27. The van der Waals surface area contributed by atoms with E-state index in [1.54, 1.807) is 19.1 Å². The molecule has 0 aliphatic heterocycles. The van der Waals surface area contributed by atoms with Crippen LogP contribution in [0, 0.1) is 11.3 Å². The van der Waals surface area contributed by atoms with E-state index in [0.29, 0.717) is 21.5 Å². The third kappa shape index (κ3) is 6.86. The molecule has 0 aliphatic rings. The number of hydrogen-bond acceptors (Lipinski definition) is 6. The van der Waals surface area contributed by atoms with Crippen LogP contribution in [0.2, 0.25) is 0 Å². The third-order valence-electron chi connectivity index (χ3n) is 4.21. The van der Waals surface area contributed by atoms with Crippen LogP contribution in [0.4, 0.5) is 0 Å². The summed E-state index contributed by atoms with van der Waals surface area (Å²) in [7, 11) is 1.45. The van der Waals surface area contributed by atoms with Gasteiger partial charge in [0.15, 0.2) is 18.1 Å². The van der Waals surface area contributed by atoms with Gasteiger partial charge in [0.2, 0.25) is 0 Å². The maximum absolute atomic E-state index is 12.6. The highest BCUT2D eigenvalue weighted by Gasteiger charge is 2.17. The zero-order chi connectivity index (χ0) is 22.8. The summed E-state index contributed by atoms with van der Waals surface area (Å²) in [6.07, 6.45) is 1.45. The maximum Gasteiger partial charge on any atom is 0.344 e. The average molecular weight is 487 g/mol. The monoisotopic (exact) mass is 486 g/mol. The molecule has 0 radical (unpaired) electrons. The van der Waals surface area contributed by atoms with Gasteiger partial charge in [0.1, 0.15) is 11.6 Å². The Hall–Kier alpha value is -3.31. The molecule has 0 aliphatic carbocycles. The van der Waals surface area contributed by atoms with Crippen LogP contribution in [0.3, 0.4) is 0 Å². The number of nitrogens with zero attached hydrogens (tertiary/aromatic N) is 1. The van der Waals surface area contributed by atoms with E-state index in [0.717, 1.165) is 5.56 Å². The van der Waals surface area contributed by atoms with Crippen molar-refractivity contribution in [1.29, 1.82) is 5.26 Å². The summed E-state index contributed by atoms with van der Waals surface area (Å²) in [5.41, 5.74) is 1.42. The molecule has 0 fully saturated rings. The van der Waals surface area contributed by atoms with Gasteiger partial charge in [0, 0.05) is 0 Å². The normalized spacial score (nSPS) is 11.8. The molecule has 0 heterocycles. The van der Waals surface area contributed by atoms with E-state index < -0.39 is 11.9 Å². The van der Waals surface area contributed by atoms with E-state index in [1.807, 2.05) is 43.3 Å². The summed E-state index contributed by atoms with van der Waals surface area (Å²) in [6, 6.07) is 14.4. The van der Waals surface area contributed by atoms with Crippen molar-refractivity contribution in [1.82, 2.24) is 5.32 Å². The number of methoxy groups -OCH3 is 1. The maximum atomic E-state index is 12.6. The van der Waals surface area contributed by atoms with Crippen molar-refractivity contribution >= 4 is 33.9 Å². The van der Waals surface area contributed by atoms with Crippen LogP contribution < -0.4 is 14.8 Å². The Balaban J connectivity index is 2.21. The molecule has 1 atom stereocenters. The lowest BCUT2D eigenvalue weighted by Gasteiger charge is -2.14. The highest BCUT2D eigenvalue weighted by Crippen LogP contribution is 2.37. The summed E-state index contributed by atoms with van der Waals surface area (Å²) in [5.74, 6) is -0.346. The highest BCUT2D eigenvalue weighted by atomic mass is 79.9. The molecule has 2 aromatic rings. The SMILES string of the molecule is CCOC(=O)COc1c(Br)cc(/C=C(/C#N)C(=O)N[C@H](C)c2ccccc2)cc1OC. The summed E-state index contributed by atoms with van der Waals surface area (Å²) in [4.78, 5) is 24.1. The molecule has 162 valence electrons. The Morgan fingerprint density at radius 1 is 1.26 bits per heavy atom. The summed E-state index contributed by atoms with van der Waals surface area (Å²) >= 11 is 3.38. The molecule has 0 spiro atoms. The summed E-state index contributed by atoms with van der Waals surface area (Å²) in [6.45, 7) is 3.53. The molecule has 0 aromatic heterocycles. The van der Waals surface area contributed by atoms with E-state index in [4.69, 9.17) is 14.2 Å². The fraction of sp³-hybridized carbons (Fsp3) is 0.261. The van der Waals surface area contributed by atoms with Gasteiger partial charge >= 0.3 is 5.97 Å². The molecule has 0 saturated heterocycles. The first-order valence-corrected chi connectivity index (χ1v) is 10.3. The Labute approximate surface area is 189 Å². The van der Waals surface area contributed by atoms with Gasteiger partial charge < -0.3 is 19.5 Å². The van der Waals surface area contributed by atoms with Gasteiger partial charge in [-0.15, -0.1) is 0 Å². The second-order valence-corrected chi connectivity index (χ2v) is 7.26. The first-order chi connectivity index (χ1) is 14.9. The molecule has 0 bridgehead atoms. The average Bonchev–Trinajstić information content (AvgIpc) is 2.76. The van der Waals surface area contributed by atoms with Crippen LogP contribution >= 0.6 is 15.9 Å². The molecule has 1 amide bonds. The Bertz CT molecular complexity index is 999. The zero-order valence-corrected chi connectivity index (χ0v) is 19.1. The number of nitriles is 1. The highest BCUT2D eigenvalue weighted by molar-refractivity contribution is 9.10. The van der Waals surface area contributed by atoms with E-state index in [1.165, 1.54) is 13.2 Å². The Morgan fingerprint density at radius 2 is 1.97 bits per heavy atom. The van der Waals surface area contributed by atoms with Gasteiger partial charge in [-0.2, -0.15) is 5.26 Å². The van der Waals surface area contributed by atoms with Crippen LogP contribution in [0.5, 0.6) is 11.5 Å². The third-order valence-corrected chi connectivity index (χ3v) is 4.80. The van der Waals surface area contributed by atoms with Crippen LogP contribution in [0.25, 0.3) is 6.08 Å². The van der Waals surface area contributed by atoms with E-state index in [9.17, 15) is 14.9 Å². The second kappa shape index (κ2) is 11.8. The molecule has 0 unspecified atom stereocenters. The molecular formula is C23H23BrN2O5. The van der Waals surface area contributed by atoms with Gasteiger partial charge in [0.25, 0.3) is 5.91 Å². The topological polar surface area (TPSA) is 97.7 Å². The quantitative estimate of drug-likeness (QED) is 0.324. The van der Waals surface area contributed by atoms with E-state index >= 15 is 0 Å². The van der Waals surface area contributed by atoms with Crippen molar-refractivity contribution in [3.63, 3.8) is 0 Å². The van der Waals surface area contributed by atoms with Crippen LogP contribution in [0.1, 0.15) is 31.0 Å². The Morgan fingerprint density at radius 3 is 2.58 bits per heavy atom. The van der Waals surface area contributed by atoms with Crippen LogP contribution in [0.15, 0.2) is 52.5 Å². The smallest absolute Gasteiger partial charge is 0.344 e. The number of carbonyl (C=O) groups is 2. The molecule has 2 aromatic carbocycles. The number of carbonyl (C=O) groups excluding carboxylic acids is 2. The van der Waals surface area contributed by atoms with Crippen molar-refractivity contribution in [2.75, 3.05) is 20.3 Å². The number of hydrogen-bond donors (Lipinski definition) is 1. The lowest BCUT2D eigenvalue weighted by atomic mass is 10.1. The minimum Gasteiger partial charge on any atom is -0.493 e. The standard InChI is InChI=1S/C23H23BrN2O5/c1-4-30-21(27)14-31-22-19(24)11-16(12-20(22)29-3)10-18(13-25)23(28)26-15(2)17-8-6-5-7-9-17/h5-12,15H,4,14H2,1-3H3,(H,26,28)/b18-10-/t15-/m1/s1. The number of esters is 1. The van der Waals surface area contributed by atoms with Crippen molar-refractivity contribution < 1.29 is 23.8 Å². The summed E-state index contributed by atoms with van der Waals surface area (Å²) in [5, 5.41) is 12.3. The van der Waals surface area contributed by atoms with Gasteiger partial charge in [0.05, 0.1) is 24.2 Å². The van der Waals surface area contributed by atoms with E-state index in [2.05, 4.69) is 21.2 Å². The number of amides is 1. The zero-order valence-electron chi connectivity index (χ0n) is 17.5. The van der Waals surface area contributed by atoms with Gasteiger partial charge in [-0.3, -0.25) is 4.79 Å². The predicted octanol–water partition coefficient (Wildman–Crippen LogP) is 4.18. The molecule has 1 N–H and O–H groups in total. The van der Waals surface area contributed by atoms with Gasteiger partial charge in [-0.05, 0) is 59.1 Å². The number of rotatable bonds is 9. The molecule has 2 rings (SSSR count). The van der Waals surface area contributed by atoms with Crippen molar-refractivity contribution in [2.45, 2.75) is 19.9 Å². The molecule has 8 heteroatoms. The fourth-order valence-corrected chi connectivity index (χ4v) is 3.29. The lowest BCUT2D eigenvalue weighted by molar-refractivity contribution is -0.145. The number of halogens is 1. The Kier molecular flexibility index (Phi) is 9.10. The van der Waals surface area contributed by atoms with Crippen molar-refractivity contribution in [3.8, 4) is 17.6 Å². The van der Waals surface area contributed by atoms with Gasteiger partial charge in [-0.1, -0.05) is 30.3 Å². The fourth-order valence-electron chi connectivity index (χ4n) is 2.71. The molecule has 7 nitrogen and oxygen atoms in total. The van der Waals surface area contributed by atoms with E-state index in [-0.39, 0.29) is 24.8 Å². The minimum absolute atomic E-state index is 0.0584. The van der Waals surface area contributed by atoms with Crippen molar-refractivity contribution in [2.24, 2.45) is 0 Å². The number of nitrogens with one attached hydrogen (secondary N) is 1. The summed E-state index contributed by atoms with van der Waals surface area (Å²) < 4.78 is 16.2. The number of benzene rings is 2. The molecule has 31 heavy (non-hydrogen) atoms. The molecule has 0 saturated carbocycles. The van der Waals surface area contributed by atoms with Crippen LogP contribution in [-0.2, 0) is 14.3 Å². The van der Waals surface area contributed by atoms with Gasteiger partial charge in [-0.25, -0.2) is 4.79 Å². The minimum atomic E-state index is -0.503. The number of ether oxygens (including phenoxy) is 3.